The lowest BCUT2D eigenvalue weighted by molar-refractivity contribution is -0.147. The summed E-state index contributed by atoms with van der Waals surface area (Å²) in [5, 5.41) is 14.8. The molecule has 1 saturated heterocycles. The van der Waals surface area contributed by atoms with Crippen LogP contribution < -0.4 is 10.6 Å². The van der Waals surface area contributed by atoms with Gasteiger partial charge in [0.15, 0.2) is 0 Å². The van der Waals surface area contributed by atoms with Gasteiger partial charge in [-0.2, -0.15) is 0 Å². The summed E-state index contributed by atoms with van der Waals surface area (Å²) in [6, 6.07) is 10.2. The first-order valence-corrected chi connectivity index (χ1v) is 8.94. The van der Waals surface area contributed by atoms with Gasteiger partial charge in [-0.05, 0) is 43.2 Å². The SMILES string of the molecule is CC1(C(=O)O)CCN(C(=O)NCc2ccc(NC(=O)c3cccnc3)cc2)C1. The highest BCUT2D eigenvalue weighted by molar-refractivity contribution is 6.04. The van der Waals surface area contributed by atoms with Crippen molar-refractivity contribution in [3.05, 3.63) is 59.9 Å². The Morgan fingerprint density at radius 2 is 1.96 bits per heavy atom. The van der Waals surface area contributed by atoms with Crippen molar-refractivity contribution in [3.8, 4) is 0 Å². The summed E-state index contributed by atoms with van der Waals surface area (Å²) in [5.41, 5.74) is 1.09. The summed E-state index contributed by atoms with van der Waals surface area (Å²) in [6.45, 7) is 2.60. The maximum absolute atomic E-state index is 12.3. The van der Waals surface area contributed by atoms with Crippen LogP contribution in [-0.4, -0.2) is 46.0 Å². The number of hydrogen-bond acceptors (Lipinski definition) is 4. The average molecular weight is 382 g/mol. The molecule has 0 aliphatic carbocycles. The van der Waals surface area contributed by atoms with Crippen LogP contribution in [0.15, 0.2) is 48.8 Å². The van der Waals surface area contributed by atoms with Crippen molar-refractivity contribution in [1.82, 2.24) is 15.2 Å². The van der Waals surface area contributed by atoms with E-state index in [2.05, 4.69) is 15.6 Å². The molecular weight excluding hydrogens is 360 g/mol. The number of anilines is 1. The third kappa shape index (κ3) is 4.46. The van der Waals surface area contributed by atoms with Crippen LogP contribution in [0.2, 0.25) is 0 Å². The molecule has 8 heteroatoms. The van der Waals surface area contributed by atoms with Crippen molar-refractivity contribution in [2.75, 3.05) is 18.4 Å². The fourth-order valence-electron chi connectivity index (χ4n) is 3.00. The van der Waals surface area contributed by atoms with Gasteiger partial charge in [-0.15, -0.1) is 0 Å². The van der Waals surface area contributed by atoms with Crippen LogP contribution in [0.25, 0.3) is 0 Å². The molecule has 3 N–H and O–H groups in total. The maximum atomic E-state index is 12.3. The Morgan fingerprint density at radius 3 is 2.57 bits per heavy atom. The van der Waals surface area contributed by atoms with Crippen LogP contribution in [0.5, 0.6) is 0 Å². The lowest BCUT2D eigenvalue weighted by Crippen LogP contribution is -2.40. The van der Waals surface area contributed by atoms with Crippen molar-refractivity contribution in [2.24, 2.45) is 5.41 Å². The summed E-state index contributed by atoms with van der Waals surface area (Å²) in [7, 11) is 0. The van der Waals surface area contributed by atoms with E-state index in [1.165, 1.54) is 11.1 Å². The molecule has 28 heavy (non-hydrogen) atoms. The fraction of sp³-hybridized carbons (Fsp3) is 0.300. The molecule has 0 saturated carbocycles. The van der Waals surface area contributed by atoms with E-state index in [1.54, 1.807) is 37.4 Å². The minimum absolute atomic E-state index is 0.202. The molecule has 2 heterocycles. The Bertz CT molecular complexity index is 870. The second-order valence-electron chi connectivity index (χ2n) is 7.09. The molecule has 1 aromatic heterocycles. The fourth-order valence-corrected chi connectivity index (χ4v) is 3.00. The van der Waals surface area contributed by atoms with Crippen molar-refractivity contribution in [2.45, 2.75) is 19.9 Å². The molecule has 1 aromatic carbocycles. The summed E-state index contributed by atoms with van der Waals surface area (Å²) in [6.07, 6.45) is 3.54. The number of carboxylic acid groups (broad SMARTS) is 1. The largest absolute Gasteiger partial charge is 0.481 e. The predicted octanol–water partition coefficient (Wildman–Crippen LogP) is 2.34. The van der Waals surface area contributed by atoms with Gasteiger partial charge in [0.05, 0.1) is 11.0 Å². The molecule has 1 aliphatic rings. The number of aromatic nitrogens is 1. The predicted molar refractivity (Wildman–Crippen MR) is 103 cm³/mol. The zero-order valence-electron chi connectivity index (χ0n) is 15.5. The number of carbonyl (C=O) groups excluding carboxylic acids is 2. The Hall–Kier alpha value is -3.42. The van der Waals surface area contributed by atoms with Crippen LogP contribution in [0.1, 0.15) is 29.3 Å². The van der Waals surface area contributed by atoms with Crippen molar-refractivity contribution in [3.63, 3.8) is 0 Å². The molecule has 1 fully saturated rings. The highest BCUT2D eigenvalue weighted by Gasteiger charge is 2.42. The van der Waals surface area contributed by atoms with Crippen LogP contribution >= 0.6 is 0 Å². The number of carbonyl (C=O) groups is 3. The zero-order chi connectivity index (χ0) is 20.1. The number of rotatable bonds is 5. The number of nitrogens with one attached hydrogen (secondary N) is 2. The van der Waals surface area contributed by atoms with E-state index in [1.807, 2.05) is 12.1 Å². The van der Waals surface area contributed by atoms with E-state index in [0.717, 1.165) is 5.56 Å². The molecular formula is C20H22N4O4. The van der Waals surface area contributed by atoms with E-state index >= 15 is 0 Å². The monoisotopic (exact) mass is 382 g/mol. The van der Waals surface area contributed by atoms with E-state index in [-0.39, 0.29) is 18.5 Å². The number of nitrogens with zero attached hydrogens (tertiary/aromatic N) is 2. The summed E-state index contributed by atoms with van der Waals surface area (Å²) in [4.78, 5) is 41.1. The molecule has 1 atom stereocenters. The quantitative estimate of drug-likeness (QED) is 0.735. The molecule has 3 rings (SSSR count). The van der Waals surface area contributed by atoms with Crippen LogP contribution in [0.4, 0.5) is 10.5 Å². The molecule has 0 radical (unpaired) electrons. The van der Waals surface area contributed by atoms with Crippen molar-refractivity contribution >= 4 is 23.6 Å². The minimum Gasteiger partial charge on any atom is -0.481 e. The number of urea groups is 1. The zero-order valence-corrected chi connectivity index (χ0v) is 15.5. The smallest absolute Gasteiger partial charge is 0.317 e. The molecule has 3 amide bonds. The molecule has 8 nitrogen and oxygen atoms in total. The Kier molecular flexibility index (Phi) is 5.58. The summed E-state index contributed by atoms with van der Waals surface area (Å²) in [5.74, 6) is -1.13. The molecule has 1 aliphatic heterocycles. The normalized spacial score (nSPS) is 18.5. The number of carboxylic acids is 1. The first kappa shape index (κ1) is 19.3. The van der Waals surface area contributed by atoms with Gasteiger partial charge < -0.3 is 20.6 Å². The van der Waals surface area contributed by atoms with Gasteiger partial charge >= 0.3 is 12.0 Å². The second kappa shape index (κ2) is 8.08. The molecule has 0 bridgehead atoms. The van der Waals surface area contributed by atoms with Gasteiger partial charge in [0.2, 0.25) is 0 Å². The second-order valence-corrected chi connectivity index (χ2v) is 7.09. The van der Waals surface area contributed by atoms with Crippen LogP contribution in [0.3, 0.4) is 0 Å². The number of benzene rings is 1. The molecule has 1 unspecified atom stereocenters. The Morgan fingerprint density at radius 1 is 1.21 bits per heavy atom. The third-order valence-corrected chi connectivity index (χ3v) is 4.86. The van der Waals surface area contributed by atoms with Gasteiger partial charge in [0, 0.05) is 37.7 Å². The number of aliphatic carboxylic acids is 1. The van der Waals surface area contributed by atoms with E-state index in [9.17, 15) is 19.5 Å². The van der Waals surface area contributed by atoms with Crippen molar-refractivity contribution in [1.29, 1.82) is 0 Å². The van der Waals surface area contributed by atoms with E-state index < -0.39 is 11.4 Å². The lowest BCUT2D eigenvalue weighted by Gasteiger charge is -2.20. The number of pyridine rings is 1. The van der Waals surface area contributed by atoms with E-state index in [0.29, 0.717) is 30.8 Å². The average Bonchev–Trinajstić information content (AvgIpc) is 3.12. The molecule has 0 spiro atoms. The number of hydrogen-bond donors (Lipinski definition) is 3. The highest BCUT2D eigenvalue weighted by atomic mass is 16.4. The maximum Gasteiger partial charge on any atom is 0.317 e. The van der Waals surface area contributed by atoms with Crippen LogP contribution in [-0.2, 0) is 11.3 Å². The molecule has 146 valence electrons. The number of likely N-dealkylation sites (tertiary alicyclic amines) is 1. The summed E-state index contributed by atoms with van der Waals surface area (Å²) < 4.78 is 0. The van der Waals surface area contributed by atoms with Gasteiger partial charge in [-0.25, -0.2) is 4.79 Å². The topological polar surface area (TPSA) is 112 Å². The third-order valence-electron chi connectivity index (χ3n) is 4.86. The molecule has 2 aromatic rings. The van der Waals surface area contributed by atoms with E-state index in [4.69, 9.17) is 0 Å². The summed E-state index contributed by atoms with van der Waals surface area (Å²) >= 11 is 0. The minimum atomic E-state index is -0.883. The van der Waals surface area contributed by atoms with Gasteiger partial charge in [-0.3, -0.25) is 14.6 Å². The van der Waals surface area contributed by atoms with Crippen molar-refractivity contribution < 1.29 is 19.5 Å². The van der Waals surface area contributed by atoms with Gasteiger partial charge in [0.25, 0.3) is 5.91 Å². The first-order chi connectivity index (χ1) is 13.4. The van der Waals surface area contributed by atoms with Gasteiger partial charge in [-0.1, -0.05) is 12.1 Å². The number of amides is 3. The lowest BCUT2D eigenvalue weighted by atomic mass is 9.90. The standard InChI is InChI=1S/C20H22N4O4/c1-20(18(26)27)8-10-24(13-20)19(28)22-11-14-4-6-16(7-5-14)23-17(25)15-3-2-9-21-12-15/h2-7,9,12H,8,10-11,13H2,1H3,(H,22,28)(H,23,25)(H,26,27). The Labute approximate surface area is 162 Å². The Balaban J connectivity index is 1.50. The van der Waals surface area contributed by atoms with Crippen LogP contribution in [0, 0.1) is 5.41 Å². The van der Waals surface area contributed by atoms with Gasteiger partial charge in [0.1, 0.15) is 0 Å². The first-order valence-electron chi connectivity index (χ1n) is 8.94. The highest BCUT2D eigenvalue weighted by Crippen LogP contribution is 2.30.